The third-order valence-corrected chi connectivity index (χ3v) is 7.88. The number of carbonyl (C=O) groups is 1. The van der Waals surface area contributed by atoms with E-state index in [0.29, 0.717) is 6.42 Å². The zero-order valence-corrected chi connectivity index (χ0v) is 24.8. The first-order valence-corrected chi connectivity index (χ1v) is 16.4. The number of rotatable bonds is 20. The number of imidazole rings is 1. The molecule has 1 fully saturated rings. The summed E-state index contributed by atoms with van der Waals surface area (Å²) in [5, 5.41) is 23.5. The summed E-state index contributed by atoms with van der Waals surface area (Å²) in [5.74, 6) is 0.0410. The van der Waals surface area contributed by atoms with Gasteiger partial charge in [-0.3, -0.25) is 13.9 Å². The Balaban J connectivity index is 1.37. The molecular weight excluding hydrogens is 553 g/mol. The normalized spacial score (nSPS) is 21.1. The molecule has 13 nitrogen and oxygen atoms in total. The van der Waals surface area contributed by atoms with Gasteiger partial charge in [0.2, 0.25) is 5.91 Å². The number of nitrogens with zero attached hydrogens (tertiary/aromatic N) is 4. The van der Waals surface area contributed by atoms with Gasteiger partial charge in [-0.1, -0.05) is 90.4 Å². The van der Waals surface area contributed by atoms with Crippen molar-refractivity contribution in [2.45, 2.75) is 128 Å². The zero-order valence-electron chi connectivity index (χ0n) is 23.9. The Kier molecular flexibility index (Phi) is 14.1. The Bertz CT molecular complexity index is 1110. The highest BCUT2D eigenvalue weighted by molar-refractivity contribution is 7.46. The van der Waals surface area contributed by atoms with Crippen molar-refractivity contribution in [3.05, 3.63) is 12.7 Å². The SMILES string of the molecule is CCCCCCCCCCCCCCCCC(=O)Nc1ncnc2c1ncn2[C@@H]1O[C@H](COP(=O)(O)O)[C@@H](O)[C@H]1O. The third-order valence-electron chi connectivity index (χ3n) is 7.39. The number of phosphoric ester groups is 1. The molecule has 232 valence electrons. The average molecular weight is 600 g/mol. The van der Waals surface area contributed by atoms with Crippen LogP contribution in [-0.4, -0.2) is 70.3 Å². The predicted molar refractivity (Wildman–Crippen MR) is 153 cm³/mol. The summed E-state index contributed by atoms with van der Waals surface area (Å²) in [6.45, 7) is 1.62. The van der Waals surface area contributed by atoms with Crippen LogP contribution < -0.4 is 5.32 Å². The highest BCUT2D eigenvalue weighted by Crippen LogP contribution is 2.39. The fourth-order valence-corrected chi connectivity index (χ4v) is 5.41. The van der Waals surface area contributed by atoms with Crippen LogP contribution in [0, 0.1) is 0 Å². The maximum Gasteiger partial charge on any atom is 0.469 e. The number of fused-ring (bicyclic) bond motifs is 1. The maximum atomic E-state index is 12.5. The summed E-state index contributed by atoms with van der Waals surface area (Å²) in [6.07, 6.45) is 15.1. The van der Waals surface area contributed by atoms with Crippen molar-refractivity contribution in [2.75, 3.05) is 11.9 Å². The fraction of sp³-hybridized carbons (Fsp3) is 0.778. The molecule has 41 heavy (non-hydrogen) atoms. The smallest absolute Gasteiger partial charge is 0.387 e. The Labute approximate surface area is 241 Å². The minimum Gasteiger partial charge on any atom is -0.387 e. The van der Waals surface area contributed by atoms with Gasteiger partial charge in [0.15, 0.2) is 23.2 Å². The van der Waals surface area contributed by atoms with Crippen molar-refractivity contribution in [1.82, 2.24) is 19.5 Å². The van der Waals surface area contributed by atoms with Crippen LogP contribution in [0.5, 0.6) is 0 Å². The van der Waals surface area contributed by atoms with Gasteiger partial charge in [-0.05, 0) is 6.42 Å². The monoisotopic (exact) mass is 599 g/mol. The molecule has 14 heteroatoms. The molecule has 1 aliphatic rings. The van der Waals surface area contributed by atoms with Gasteiger partial charge in [-0.25, -0.2) is 19.5 Å². The van der Waals surface area contributed by atoms with Crippen molar-refractivity contribution in [3.8, 4) is 0 Å². The number of aromatic nitrogens is 4. The molecule has 4 atom stereocenters. The van der Waals surface area contributed by atoms with E-state index in [2.05, 4.69) is 31.7 Å². The van der Waals surface area contributed by atoms with Crippen LogP contribution >= 0.6 is 7.82 Å². The van der Waals surface area contributed by atoms with Crippen LogP contribution in [0.1, 0.15) is 109 Å². The second kappa shape index (κ2) is 17.2. The van der Waals surface area contributed by atoms with Gasteiger partial charge >= 0.3 is 7.82 Å². The molecule has 0 saturated carbocycles. The molecule has 3 rings (SSSR count). The number of anilines is 1. The number of ether oxygens (including phenoxy) is 1. The predicted octanol–water partition coefficient (Wildman–Crippen LogP) is 4.36. The second-order valence-corrected chi connectivity index (χ2v) is 12.0. The molecule has 3 heterocycles. The number of unbranched alkanes of at least 4 members (excludes halogenated alkanes) is 13. The lowest BCUT2D eigenvalue weighted by atomic mass is 10.0. The van der Waals surface area contributed by atoms with Crippen molar-refractivity contribution in [2.24, 2.45) is 0 Å². The Morgan fingerprint density at radius 3 is 2.10 bits per heavy atom. The average Bonchev–Trinajstić information content (AvgIpc) is 3.48. The first kappa shape index (κ1) is 33.5. The zero-order chi connectivity index (χ0) is 29.7. The summed E-state index contributed by atoms with van der Waals surface area (Å²) in [6, 6.07) is 0. The Morgan fingerprint density at radius 2 is 1.51 bits per heavy atom. The molecule has 0 unspecified atom stereocenters. The molecule has 2 aromatic heterocycles. The fourth-order valence-electron chi connectivity index (χ4n) is 5.07. The van der Waals surface area contributed by atoms with E-state index < -0.39 is 39.0 Å². The van der Waals surface area contributed by atoms with Crippen LogP contribution in [0.25, 0.3) is 11.2 Å². The lowest BCUT2D eigenvalue weighted by Gasteiger charge is -2.16. The summed E-state index contributed by atoms with van der Waals surface area (Å²) in [5.41, 5.74) is 0.529. The molecule has 0 aliphatic carbocycles. The van der Waals surface area contributed by atoms with Crippen molar-refractivity contribution < 1.29 is 38.6 Å². The number of phosphoric acid groups is 1. The van der Waals surface area contributed by atoms with Gasteiger partial charge in [-0.2, -0.15) is 0 Å². The van der Waals surface area contributed by atoms with Crippen molar-refractivity contribution in [1.29, 1.82) is 0 Å². The van der Waals surface area contributed by atoms with E-state index in [4.69, 9.17) is 14.5 Å². The van der Waals surface area contributed by atoms with E-state index in [1.54, 1.807) is 0 Å². The van der Waals surface area contributed by atoms with Gasteiger partial charge in [0, 0.05) is 6.42 Å². The van der Waals surface area contributed by atoms with Gasteiger partial charge in [0.05, 0.1) is 12.9 Å². The van der Waals surface area contributed by atoms with Crippen LogP contribution in [0.3, 0.4) is 0 Å². The van der Waals surface area contributed by atoms with Crippen molar-refractivity contribution in [3.63, 3.8) is 0 Å². The summed E-state index contributed by atoms with van der Waals surface area (Å²) in [4.78, 5) is 42.9. The van der Waals surface area contributed by atoms with Crippen LogP contribution in [0.2, 0.25) is 0 Å². The van der Waals surface area contributed by atoms with E-state index >= 15 is 0 Å². The number of hydrogen-bond donors (Lipinski definition) is 5. The molecular formula is C27H46N5O8P. The lowest BCUT2D eigenvalue weighted by molar-refractivity contribution is -0.116. The maximum absolute atomic E-state index is 12.5. The highest BCUT2D eigenvalue weighted by atomic mass is 31.2. The summed E-state index contributed by atoms with van der Waals surface area (Å²) < 4.78 is 22.4. The number of carbonyl (C=O) groups excluding carboxylic acids is 1. The first-order valence-electron chi connectivity index (χ1n) is 14.9. The standard InChI is InChI=1S/C27H46N5O8P/c1-2-3-4-5-6-7-8-9-10-11-12-13-14-15-16-21(33)31-25-22-26(29-18-28-25)32(19-30-22)27-24(35)23(34)20(40-27)17-39-41(36,37)38/h18-20,23-24,27,34-35H,2-17H2,1H3,(H2,36,37,38)(H,28,29,31,33)/t20-,23-,24-,27-/m1/s1. The molecule has 0 spiro atoms. The van der Waals surface area contributed by atoms with E-state index in [1.165, 1.54) is 87.9 Å². The molecule has 1 saturated heterocycles. The molecule has 0 aromatic carbocycles. The van der Waals surface area contributed by atoms with Gasteiger partial charge in [0.25, 0.3) is 0 Å². The molecule has 1 aliphatic heterocycles. The minimum absolute atomic E-state index is 0.180. The molecule has 0 bridgehead atoms. The number of nitrogens with one attached hydrogen (secondary N) is 1. The number of aliphatic hydroxyl groups is 2. The van der Waals surface area contributed by atoms with E-state index in [1.807, 2.05) is 0 Å². The Hall–Kier alpha value is -1.99. The second-order valence-electron chi connectivity index (χ2n) is 10.8. The number of aliphatic hydroxyl groups excluding tert-OH is 2. The summed E-state index contributed by atoms with van der Waals surface area (Å²) >= 11 is 0. The van der Waals surface area contributed by atoms with E-state index in [9.17, 15) is 19.6 Å². The van der Waals surface area contributed by atoms with Gasteiger partial charge < -0.3 is 30.1 Å². The van der Waals surface area contributed by atoms with Crippen LogP contribution in [-0.2, 0) is 18.6 Å². The topological polar surface area (TPSA) is 189 Å². The molecule has 2 aromatic rings. The molecule has 0 radical (unpaired) electrons. The Morgan fingerprint density at radius 1 is 0.927 bits per heavy atom. The summed E-state index contributed by atoms with van der Waals surface area (Å²) in [7, 11) is -4.78. The highest BCUT2D eigenvalue weighted by Gasteiger charge is 2.45. The molecule has 1 amide bonds. The van der Waals surface area contributed by atoms with Crippen LogP contribution in [0.4, 0.5) is 5.82 Å². The molecule has 5 N–H and O–H groups in total. The van der Waals surface area contributed by atoms with Gasteiger partial charge in [-0.15, -0.1) is 0 Å². The quantitative estimate of drug-likeness (QED) is 0.107. The lowest BCUT2D eigenvalue weighted by Crippen LogP contribution is -2.33. The third kappa shape index (κ3) is 11.0. The number of amides is 1. The van der Waals surface area contributed by atoms with E-state index in [0.717, 1.165) is 19.3 Å². The van der Waals surface area contributed by atoms with Crippen LogP contribution in [0.15, 0.2) is 12.7 Å². The first-order chi connectivity index (χ1) is 19.7. The number of hydrogen-bond acceptors (Lipinski definition) is 9. The minimum atomic E-state index is -4.78. The van der Waals surface area contributed by atoms with Gasteiger partial charge in [0.1, 0.15) is 24.6 Å². The largest absolute Gasteiger partial charge is 0.469 e. The van der Waals surface area contributed by atoms with Crippen molar-refractivity contribution >= 4 is 30.7 Å². The van der Waals surface area contributed by atoms with E-state index in [-0.39, 0.29) is 22.9 Å².